The molecular weight excluding hydrogens is 236 g/mol. The molecule has 0 saturated carbocycles. The van der Waals surface area contributed by atoms with Gasteiger partial charge in [0.1, 0.15) is 0 Å². The molecule has 2 aromatic heterocycles. The quantitative estimate of drug-likeness (QED) is 0.869. The van der Waals surface area contributed by atoms with E-state index in [9.17, 15) is 5.11 Å². The molecule has 0 amide bonds. The maximum Gasteiger partial charge on any atom is 0.0885 e. The number of hydrogen-bond acceptors (Lipinski definition) is 3. The molecule has 2 heterocycles. The van der Waals surface area contributed by atoms with Crippen molar-refractivity contribution in [2.45, 2.75) is 32.8 Å². The average molecular weight is 252 g/mol. The standard InChI is InChI=1S/C13H16OS2/c1-9-8-13(16-10(9)2)12(14)6-5-11-4-3-7-15-11/h3-4,7-8,12,14H,5-6H2,1-2H3. The number of aliphatic hydroxyl groups excluding tert-OH is 1. The zero-order valence-corrected chi connectivity index (χ0v) is 11.2. The van der Waals surface area contributed by atoms with Crippen LogP contribution in [-0.4, -0.2) is 5.11 Å². The molecule has 2 rings (SSSR count). The molecule has 0 aliphatic rings. The molecule has 1 atom stereocenters. The second-order valence-corrected chi connectivity index (χ2v) is 6.34. The van der Waals surface area contributed by atoms with E-state index >= 15 is 0 Å². The highest BCUT2D eigenvalue weighted by atomic mass is 32.1. The van der Waals surface area contributed by atoms with Crippen molar-refractivity contribution in [3.8, 4) is 0 Å². The van der Waals surface area contributed by atoms with Gasteiger partial charge in [0.05, 0.1) is 6.10 Å². The van der Waals surface area contributed by atoms with E-state index in [1.807, 2.05) is 0 Å². The molecule has 0 radical (unpaired) electrons. The lowest BCUT2D eigenvalue weighted by atomic mass is 10.1. The van der Waals surface area contributed by atoms with Gasteiger partial charge in [-0.3, -0.25) is 0 Å². The van der Waals surface area contributed by atoms with Crippen molar-refractivity contribution >= 4 is 22.7 Å². The summed E-state index contributed by atoms with van der Waals surface area (Å²) in [4.78, 5) is 3.76. The lowest BCUT2D eigenvalue weighted by Gasteiger charge is -2.06. The summed E-state index contributed by atoms with van der Waals surface area (Å²) in [5, 5.41) is 12.2. The summed E-state index contributed by atoms with van der Waals surface area (Å²) in [6.07, 6.45) is 1.48. The molecule has 0 saturated heterocycles. The van der Waals surface area contributed by atoms with Crippen LogP contribution in [0.3, 0.4) is 0 Å². The van der Waals surface area contributed by atoms with E-state index in [4.69, 9.17) is 0 Å². The Morgan fingerprint density at radius 3 is 2.75 bits per heavy atom. The number of thiophene rings is 2. The Hall–Kier alpha value is -0.640. The molecule has 0 aliphatic heterocycles. The molecule has 3 heteroatoms. The van der Waals surface area contributed by atoms with Crippen molar-refractivity contribution in [1.82, 2.24) is 0 Å². The Kier molecular flexibility index (Phi) is 3.79. The third-order valence-electron chi connectivity index (χ3n) is 2.76. The van der Waals surface area contributed by atoms with Gasteiger partial charge in [-0.1, -0.05) is 6.07 Å². The lowest BCUT2D eigenvalue weighted by molar-refractivity contribution is 0.172. The van der Waals surface area contributed by atoms with Gasteiger partial charge in [-0.15, -0.1) is 22.7 Å². The SMILES string of the molecule is Cc1cc(C(O)CCc2cccs2)sc1C. The van der Waals surface area contributed by atoms with Gasteiger partial charge < -0.3 is 5.11 Å². The fraction of sp³-hybridized carbons (Fsp3) is 0.385. The molecule has 0 aromatic carbocycles. The summed E-state index contributed by atoms with van der Waals surface area (Å²) in [5.41, 5.74) is 1.29. The fourth-order valence-corrected chi connectivity index (χ4v) is 3.43. The lowest BCUT2D eigenvalue weighted by Crippen LogP contribution is -1.96. The van der Waals surface area contributed by atoms with E-state index in [1.165, 1.54) is 15.3 Å². The minimum atomic E-state index is -0.306. The third-order valence-corrected chi connectivity index (χ3v) is 4.95. The second-order valence-electron chi connectivity index (χ2n) is 4.02. The molecule has 0 fully saturated rings. The summed E-state index contributed by atoms with van der Waals surface area (Å²) >= 11 is 3.47. The largest absolute Gasteiger partial charge is 0.388 e. The summed E-state index contributed by atoms with van der Waals surface area (Å²) in [7, 11) is 0. The zero-order valence-electron chi connectivity index (χ0n) is 9.56. The van der Waals surface area contributed by atoms with E-state index in [-0.39, 0.29) is 6.10 Å². The highest BCUT2D eigenvalue weighted by Gasteiger charge is 2.11. The average Bonchev–Trinajstić information content (AvgIpc) is 2.86. The zero-order chi connectivity index (χ0) is 11.5. The van der Waals surface area contributed by atoms with Crippen molar-refractivity contribution in [3.05, 3.63) is 43.8 Å². The van der Waals surface area contributed by atoms with Gasteiger partial charge in [0.25, 0.3) is 0 Å². The predicted molar refractivity (Wildman–Crippen MR) is 71.4 cm³/mol. The highest BCUT2D eigenvalue weighted by molar-refractivity contribution is 7.12. The summed E-state index contributed by atoms with van der Waals surface area (Å²) in [6.45, 7) is 4.21. The first-order valence-corrected chi connectivity index (χ1v) is 7.14. The molecule has 2 aromatic rings. The Bertz CT molecular complexity index is 423. The Labute approximate surface area is 104 Å². The van der Waals surface area contributed by atoms with Crippen molar-refractivity contribution < 1.29 is 5.11 Å². The maximum absolute atomic E-state index is 10.1. The molecule has 1 unspecified atom stereocenters. The summed E-state index contributed by atoms with van der Waals surface area (Å²) in [6, 6.07) is 6.30. The molecule has 16 heavy (non-hydrogen) atoms. The van der Waals surface area contributed by atoms with E-state index in [0.717, 1.165) is 17.7 Å². The van der Waals surface area contributed by atoms with Gasteiger partial charge in [-0.05, 0) is 49.8 Å². The normalized spacial score (nSPS) is 12.9. The molecule has 0 aliphatic carbocycles. The molecule has 0 bridgehead atoms. The van der Waals surface area contributed by atoms with E-state index in [1.54, 1.807) is 22.7 Å². The van der Waals surface area contributed by atoms with Crippen LogP contribution in [0.5, 0.6) is 0 Å². The van der Waals surface area contributed by atoms with Gasteiger partial charge in [-0.25, -0.2) is 0 Å². The minimum absolute atomic E-state index is 0.306. The van der Waals surface area contributed by atoms with Gasteiger partial charge in [0.2, 0.25) is 0 Å². The predicted octanol–water partition coefficient (Wildman–Crippen LogP) is 4.09. The first-order valence-electron chi connectivity index (χ1n) is 5.44. The van der Waals surface area contributed by atoms with Crippen molar-refractivity contribution in [2.75, 3.05) is 0 Å². The summed E-state index contributed by atoms with van der Waals surface area (Å²) < 4.78 is 0. The molecule has 0 spiro atoms. The van der Waals surface area contributed by atoms with Crippen molar-refractivity contribution in [1.29, 1.82) is 0 Å². The number of rotatable bonds is 4. The molecule has 1 N–H and O–H groups in total. The van der Waals surface area contributed by atoms with Crippen molar-refractivity contribution in [3.63, 3.8) is 0 Å². The number of hydrogen-bond donors (Lipinski definition) is 1. The van der Waals surface area contributed by atoms with Gasteiger partial charge in [0, 0.05) is 14.6 Å². The smallest absolute Gasteiger partial charge is 0.0885 e. The van der Waals surface area contributed by atoms with Crippen molar-refractivity contribution in [2.24, 2.45) is 0 Å². The van der Waals surface area contributed by atoms with Gasteiger partial charge in [-0.2, -0.15) is 0 Å². The van der Waals surface area contributed by atoms with E-state index in [0.29, 0.717) is 0 Å². The van der Waals surface area contributed by atoms with Crippen LogP contribution < -0.4 is 0 Å². The van der Waals surface area contributed by atoms with Crippen LogP contribution in [0.4, 0.5) is 0 Å². The molecular formula is C13H16OS2. The molecule has 86 valence electrons. The monoisotopic (exact) mass is 252 g/mol. The van der Waals surface area contributed by atoms with Crippen LogP contribution in [0, 0.1) is 13.8 Å². The first-order chi connectivity index (χ1) is 7.66. The van der Waals surface area contributed by atoms with Gasteiger partial charge in [0.15, 0.2) is 0 Å². The molecule has 1 nitrogen and oxygen atoms in total. The summed E-state index contributed by atoms with van der Waals surface area (Å²) in [5.74, 6) is 0. The fourth-order valence-electron chi connectivity index (χ4n) is 1.64. The highest BCUT2D eigenvalue weighted by Crippen LogP contribution is 2.29. The van der Waals surface area contributed by atoms with E-state index in [2.05, 4.69) is 37.4 Å². The maximum atomic E-state index is 10.1. The minimum Gasteiger partial charge on any atom is -0.388 e. The van der Waals surface area contributed by atoms with Crippen LogP contribution in [0.15, 0.2) is 23.6 Å². The number of aliphatic hydroxyl groups is 1. The Morgan fingerprint density at radius 2 is 2.19 bits per heavy atom. The van der Waals surface area contributed by atoms with Crippen LogP contribution in [-0.2, 0) is 6.42 Å². The van der Waals surface area contributed by atoms with E-state index < -0.39 is 0 Å². The van der Waals surface area contributed by atoms with Crippen LogP contribution >= 0.6 is 22.7 Å². The second kappa shape index (κ2) is 5.13. The first kappa shape index (κ1) is 11.8. The van der Waals surface area contributed by atoms with Crippen LogP contribution in [0.25, 0.3) is 0 Å². The van der Waals surface area contributed by atoms with Gasteiger partial charge >= 0.3 is 0 Å². The third kappa shape index (κ3) is 2.73. The van der Waals surface area contributed by atoms with Crippen LogP contribution in [0.2, 0.25) is 0 Å². The topological polar surface area (TPSA) is 20.2 Å². The van der Waals surface area contributed by atoms with Crippen LogP contribution in [0.1, 0.15) is 32.7 Å². The number of aryl methyl sites for hydroxylation is 3. The Balaban J connectivity index is 1.95. The Morgan fingerprint density at radius 1 is 1.38 bits per heavy atom.